The molecule has 0 saturated carbocycles. The average molecular weight is 481 g/mol. The molecule has 0 aliphatic carbocycles. The van der Waals surface area contributed by atoms with E-state index in [4.69, 9.17) is 11.6 Å². The lowest BCUT2D eigenvalue weighted by Crippen LogP contribution is -2.04. The van der Waals surface area contributed by atoms with Crippen LogP contribution >= 0.6 is 23.4 Å². The fraction of sp³-hybridized carbons (Fsp3) is 0.0714. The third kappa shape index (κ3) is 3.98. The summed E-state index contributed by atoms with van der Waals surface area (Å²) in [6.45, 7) is 0. The predicted octanol–water partition coefficient (Wildman–Crippen LogP) is 7.44. The third-order valence-electron chi connectivity index (χ3n) is 5.95. The van der Waals surface area contributed by atoms with Gasteiger partial charge in [-0.3, -0.25) is 4.57 Å². The number of benzene rings is 4. The van der Waals surface area contributed by atoms with E-state index >= 15 is 0 Å². The molecule has 0 spiro atoms. The molecule has 1 N–H and O–H groups in total. The van der Waals surface area contributed by atoms with Crippen LogP contribution in [0.15, 0.2) is 102 Å². The molecule has 0 bridgehead atoms. The van der Waals surface area contributed by atoms with Gasteiger partial charge in [0.15, 0.2) is 5.16 Å². The Balaban J connectivity index is 1.40. The van der Waals surface area contributed by atoms with Gasteiger partial charge in [0.1, 0.15) is 5.82 Å². The minimum Gasteiger partial charge on any atom is -0.354 e. The van der Waals surface area contributed by atoms with Gasteiger partial charge < -0.3 is 4.98 Å². The van der Waals surface area contributed by atoms with E-state index in [9.17, 15) is 0 Å². The molecule has 0 unspecified atom stereocenters. The average Bonchev–Trinajstić information content (AvgIpc) is 3.45. The van der Waals surface area contributed by atoms with Crippen LogP contribution in [0.3, 0.4) is 0 Å². The highest BCUT2D eigenvalue weighted by molar-refractivity contribution is 7.98. The van der Waals surface area contributed by atoms with Crippen molar-refractivity contribution in [1.29, 1.82) is 0 Å². The molecule has 0 saturated heterocycles. The Kier molecular flexibility index (Phi) is 5.57. The maximum Gasteiger partial charge on any atom is 0.196 e. The first-order chi connectivity index (χ1) is 16.8. The highest BCUT2D eigenvalue weighted by Gasteiger charge is 2.17. The van der Waals surface area contributed by atoms with Crippen molar-refractivity contribution in [3.63, 3.8) is 0 Å². The van der Waals surface area contributed by atoms with Crippen LogP contribution in [0.25, 0.3) is 27.5 Å². The summed E-state index contributed by atoms with van der Waals surface area (Å²) in [5, 5.41) is 13.3. The van der Waals surface area contributed by atoms with E-state index in [-0.39, 0.29) is 0 Å². The Bertz CT molecular complexity index is 1600. The van der Waals surface area contributed by atoms with Crippen molar-refractivity contribution in [2.24, 2.45) is 0 Å². The topological polar surface area (TPSA) is 46.5 Å². The number of nitrogens with zero attached hydrogens (tertiary/aromatic N) is 3. The van der Waals surface area contributed by atoms with Crippen LogP contribution in [0.2, 0.25) is 5.02 Å². The molecule has 34 heavy (non-hydrogen) atoms. The number of hydrogen-bond acceptors (Lipinski definition) is 3. The van der Waals surface area contributed by atoms with Gasteiger partial charge in [0.2, 0.25) is 0 Å². The minimum atomic E-state index is 0.670. The zero-order valence-corrected chi connectivity index (χ0v) is 19.9. The number of para-hydroxylation sites is 3. The smallest absolute Gasteiger partial charge is 0.196 e. The van der Waals surface area contributed by atoms with E-state index in [2.05, 4.69) is 80.4 Å². The standard InChI is InChI=1S/C28H21ClN4S/c29-21-10-6-8-19(16-21)18-34-28-32-31-26(33(28)22-11-2-1-3-12-22)17-20-9-7-14-24-23-13-4-5-15-25(23)30-27(20)24/h1-16,30H,17-18H2. The van der Waals surface area contributed by atoms with Gasteiger partial charge in [-0.2, -0.15) is 0 Å². The van der Waals surface area contributed by atoms with Crippen molar-refractivity contribution in [3.05, 3.63) is 119 Å². The predicted molar refractivity (Wildman–Crippen MR) is 141 cm³/mol. The lowest BCUT2D eigenvalue weighted by Gasteiger charge is -2.11. The van der Waals surface area contributed by atoms with E-state index in [1.807, 2.05) is 36.4 Å². The second-order valence-corrected chi connectivity index (χ2v) is 9.55. The first-order valence-electron chi connectivity index (χ1n) is 11.1. The zero-order valence-electron chi connectivity index (χ0n) is 18.3. The van der Waals surface area contributed by atoms with Crippen LogP contribution in [0, 0.1) is 0 Å². The molecule has 6 rings (SSSR count). The molecule has 166 valence electrons. The van der Waals surface area contributed by atoms with Crippen molar-refractivity contribution in [1.82, 2.24) is 19.7 Å². The molecule has 6 heteroatoms. The molecule has 4 nitrogen and oxygen atoms in total. The van der Waals surface area contributed by atoms with Gasteiger partial charge in [-0.15, -0.1) is 10.2 Å². The molecule has 6 aromatic rings. The highest BCUT2D eigenvalue weighted by Crippen LogP contribution is 2.31. The van der Waals surface area contributed by atoms with Crippen LogP contribution in [0.5, 0.6) is 0 Å². The van der Waals surface area contributed by atoms with E-state index in [1.54, 1.807) is 11.8 Å². The fourth-order valence-electron chi connectivity index (χ4n) is 4.37. The number of halogens is 1. The maximum atomic E-state index is 6.18. The first kappa shape index (κ1) is 21.0. The number of fused-ring (bicyclic) bond motifs is 3. The zero-order chi connectivity index (χ0) is 22.9. The van der Waals surface area contributed by atoms with Crippen LogP contribution < -0.4 is 0 Å². The van der Waals surface area contributed by atoms with Crippen LogP contribution in [0.1, 0.15) is 17.0 Å². The summed E-state index contributed by atoms with van der Waals surface area (Å²) in [7, 11) is 0. The third-order valence-corrected chi connectivity index (χ3v) is 7.18. The molecule has 4 aromatic carbocycles. The van der Waals surface area contributed by atoms with Crippen molar-refractivity contribution in [2.45, 2.75) is 17.3 Å². The number of H-pyrrole nitrogens is 1. The molecule has 0 amide bonds. The molecular weight excluding hydrogens is 460 g/mol. The van der Waals surface area contributed by atoms with Crippen molar-refractivity contribution >= 4 is 45.2 Å². The Hall–Kier alpha value is -3.54. The summed E-state index contributed by atoms with van der Waals surface area (Å²) in [6.07, 6.45) is 0.670. The highest BCUT2D eigenvalue weighted by atomic mass is 35.5. The summed E-state index contributed by atoms with van der Waals surface area (Å²) in [4.78, 5) is 3.61. The first-order valence-corrected chi connectivity index (χ1v) is 12.5. The molecule has 0 fully saturated rings. The van der Waals surface area contributed by atoms with Gasteiger partial charge >= 0.3 is 0 Å². The normalized spacial score (nSPS) is 11.4. The molecule has 2 heterocycles. The largest absolute Gasteiger partial charge is 0.354 e. The van der Waals surface area contributed by atoms with Gasteiger partial charge in [-0.05, 0) is 41.5 Å². The Labute approximate surface area is 206 Å². The second kappa shape index (κ2) is 9.01. The van der Waals surface area contributed by atoms with Crippen molar-refractivity contribution in [3.8, 4) is 5.69 Å². The lowest BCUT2D eigenvalue weighted by atomic mass is 10.1. The van der Waals surface area contributed by atoms with Gasteiger partial charge in [0.05, 0.1) is 5.52 Å². The second-order valence-electron chi connectivity index (χ2n) is 8.18. The number of thioether (sulfide) groups is 1. The van der Waals surface area contributed by atoms with Crippen LogP contribution in [-0.2, 0) is 12.2 Å². The van der Waals surface area contributed by atoms with E-state index in [1.165, 1.54) is 16.3 Å². The number of hydrogen-bond donors (Lipinski definition) is 1. The SMILES string of the molecule is Clc1cccc(CSc2nnc(Cc3cccc4c3[nH]c3ccccc34)n2-c2ccccc2)c1. The summed E-state index contributed by atoms with van der Waals surface area (Å²) >= 11 is 7.85. The van der Waals surface area contributed by atoms with Crippen molar-refractivity contribution in [2.75, 3.05) is 0 Å². The van der Waals surface area contributed by atoms with Gasteiger partial charge in [0, 0.05) is 39.2 Å². The van der Waals surface area contributed by atoms with Crippen LogP contribution in [0.4, 0.5) is 0 Å². The van der Waals surface area contributed by atoms with E-state index in [0.29, 0.717) is 6.42 Å². The lowest BCUT2D eigenvalue weighted by molar-refractivity contribution is 0.849. The molecular formula is C28H21ClN4S. The van der Waals surface area contributed by atoms with E-state index in [0.717, 1.165) is 44.0 Å². The molecule has 0 atom stereocenters. The van der Waals surface area contributed by atoms with Crippen molar-refractivity contribution < 1.29 is 0 Å². The number of rotatable bonds is 6. The molecule has 2 aromatic heterocycles. The Morgan fingerprint density at radius 3 is 2.47 bits per heavy atom. The van der Waals surface area contributed by atoms with Gasteiger partial charge in [-0.1, -0.05) is 90.1 Å². The Morgan fingerprint density at radius 1 is 0.794 bits per heavy atom. The summed E-state index contributed by atoms with van der Waals surface area (Å²) in [6, 6.07) is 33.1. The number of aromatic amines is 1. The van der Waals surface area contributed by atoms with Crippen LogP contribution in [-0.4, -0.2) is 19.7 Å². The van der Waals surface area contributed by atoms with Gasteiger partial charge in [-0.25, -0.2) is 0 Å². The molecule has 0 radical (unpaired) electrons. The summed E-state index contributed by atoms with van der Waals surface area (Å²) in [5.74, 6) is 1.68. The summed E-state index contributed by atoms with van der Waals surface area (Å²) < 4.78 is 2.16. The minimum absolute atomic E-state index is 0.670. The maximum absolute atomic E-state index is 6.18. The van der Waals surface area contributed by atoms with Gasteiger partial charge in [0.25, 0.3) is 0 Å². The Morgan fingerprint density at radius 2 is 1.59 bits per heavy atom. The van der Waals surface area contributed by atoms with E-state index < -0.39 is 0 Å². The molecule has 0 aliphatic rings. The molecule has 0 aliphatic heterocycles. The number of nitrogens with one attached hydrogen (secondary N) is 1. The monoisotopic (exact) mass is 480 g/mol. The summed E-state index contributed by atoms with van der Waals surface area (Å²) in [5.41, 5.74) is 5.71. The quantitative estimate of drug-likeness (QED) is 0.252. The number of aromatic nitrogens is 4. The fourth-order valence-corrected chi connectivity index (χ4v) is 5.50.